The standard InChI is InChI=1S/C14H15NO3/c1-10-5-6-12(13(8-10)17-2)18-14-11(9-16)4-3-7-15-14/h3-8,16H,9H2,1-2H3. The van der Waals surface area contributed by atoms with Crippen molar-refractivity contribution in [3.05, 3.63) is 47.7 Å². The molecule has 2 rings (SSSR count). The smallest absolute Gasteiger partial charge is 0.224 e. The van der Waals surface area contributed by atoms with Gasteiger partial charge in [-0.25, -0.2) is 4.98 Å². The third kappa shape index (κ3) is 2.60. The zero-order valence-electron chi connectivity index (χ0n) is 10.4. The number of benzene rings is 1. The highest BCUT2D eigenvalue weighted by molar-refractivity contribution is 5.45. The second kappa shape index (κ2) is 5.51. The molecule has 0 unspecified atom stereocenters. The lowest BCUT2D eigenvalue weighted by atomic mass is 10.2. The van der Waals surface area contributed by atoms with E-state index in [1.54, 1.807) is 25.4 Å². The van der Waals surface area contributed by atoms with Gasteiger partial charge in [-0.05, 0) is 36.8 Å². The van der Waals surface area contributed by atoms with Gasteiger partial charge in [0.05, 0.1) is 13.7 Å². The maximum atomic E-state index is 9.22. The molecule has 0 bridgehead atoms. The minimum atomic E-state index is -0.114. The van der Waals surface area contributed by atoms with E-state index in [0.29, 0.717) is 22.9 Å². The third-order valence-electron chi connectivity index (χ3n) is 2.55. The molecule has 0 saturated heterocycles. The highest BCUT2D eigenvalue weighted by Gasteiger charge is 2.09. The van der Waals surface area contributed by atoms with Gasteiger partial charge < -0.3 is 14.6 Å². The predicted molar refractivity (Wildman–Crippen MR) is 68.0 cm³/mol. The van der Waals surface area contributed by atoms with Crippen LogP contribution in [-0.4, -0.2) is 17.2 Å². The van der Waals surface area contributed by atoms with Crippen molar-refractivity contribution < 1.29 is 14.6 Å². The summed E-state index contributed by atoms with van der Waals surface area (Å²) in [6, 6.07) is 9.16. The molecule has 0 atom stereocenters. The summed E-state index contributed by atoms with van der Waals surface area (Å²) in [7, 11) is 1.59. The molecule has 1 aromatic heterocycles. The average Bonchev–Trinajstić information content (AvgIpc) is 2.41. The maximum Gasteiger partial charge on any atom is 0.224 e. The van der Waals surface area contributed by atoms with E-state index in [1.807, 2.05) is 25.1 Å². The van der Waals surface area contributed by atoms with Crippen LogP contribution in [0.5, 0.6) is 17.4 Å². The van der Waals surface area contributed by atoms with E-state index in [2.05, 4.69) is 4.98 Å². The Morgan fingerprint density at radius 1 is 1.22 bits per heavy atom. The molecule has 0 aliphatic carbocycles. The minimum Gasteiger partial charge on any atom is -0.493 e. The SMILES string of the molecule is COc1cc(C)ccc1Oc1ncccc1CO. The number of aromatic nitrogens is 1. The molecular formula is C14H15NO3. The summed E-state index contributed by atoms with van der Waals surface area (Å²) in [5.74, 6) is 1.61. The fourth-order valence-corrected chi connectivity index (χ4v) is 1.60. The molecule has 0 aliphatic rings. The Labute approximate surface area is 106 Å². The summed E-state index contributed by atoms with van der Waals surface area (Å²) in [6.45, 7) is 1.86. The first-order valence-electron chi connectivity index (χ1n) is 5.62. The highest BCUT2D eigenvalue weighted by atomic mass is 16.5. The third-order valence-corrected chi connectivity index (χ3v) is 2.55. The topological polar surface area (TPSA) is 51.6 Å². The van der Waals surface area contributed by atoms with Gasteiger partial charge in [0.25, 0.3) is 0 Å². The number of aryl methyl sites for hydroxylation is 1. The van der Waals surface area contributed by atoms with E-state index in [4.69, 9.17) is 9.47 Å². The molecule has 4 heteroatoms. The molecule has 0 radical (unpaired) electrons. The first kappa shape index (κ1) is 12.4. The molecule has 0 amide bonds. The summed E-state index contributed by atoms with van der Waals surface area (Å²) in [6.07, 6.45) is 1.62. The molecule has 1 heterocycles. The fraction of sp³-hybridized carbons (Fsp3) is 0.214. The predicted octanol–water partition coefficient (Wildman–Crippen LogP) is 2.68. The van der Waals surface area contributed by atoms with Gasteiger partial charge in [0, 0.05) is 11.8 Å². The fourth-order valence-electron chi connectivity index (χ4n) is 1.60. The zero-order chi connectivity index (χ0) is 13.0. The number of nitrogens with zero attached hydrogens (tertiary/aromatic N) is 1. The quantitative estimate of drug-likeness (QED) is 0.899. The lowest BCUT2D eigenvalue weighted by Crippen LogP contribution is -1.96. The van der Waals surface area contributed by atoms with Gasteiger partial charge in [-0.2, -0.15) is 0 Å². The molecule has 0 fully saturated rings. The maximum absolute atomic E-state index is 9.22. The summed E-state index contributed by atoms with van der Waals surface area (Å²) >= 11 is 0. The molecule has 1 aromatic carbocycles. The Morgan fingerprint density at radius 2 is 2.06 bits per heavy atom. The molecule has 0 saturated carbocycles. The molecule has 4 nitrogen and oxygen atoms in total. The van der Waals surface area contributed by atoms with Crippen molar-refractivity contribution in [2.24, 2.45) is 0 Å². The van der Waals surface area contributed by atoms with E-state index in [1.165, 1.54) is 0 Å². The summed E-state index contributed by atoms with van der Waals surface area (Å²) in [5, 5.41) is 9.22. The zero-order valence-corrected chi connectivity index (χ0v) is 10.4. The highest BCUT2D eigenvalue weighted by Crippen LogP contribution is 2.32. The number of rotatable bonds is 4. The Morgan fingerprint density at radius 3 is 2.78 bits per heavy atom. The van der Waals surface area contributed by atoms with Gasteiger partial charge in [0.1, 0.15) is 0 Å². The van der Waals surface area contributed by atoms with Gasteiger partial charge in [0.2, 0.25) is 5.88 Å². The number of ether oxygens (including phenoxy) is 2. The average molecular weight is 245 g/mol. The van der Waals surface area contributed by atoms with Gasteiger partial charge in [0.15, 0.2) is 11.5 Å². The van der Waals surface area contributed by atoms with Crippen LogP contribution in [0.1, 0.15) is 11.1 Å². The monoisotopic (exact) mass is 245 g/mol. The van der Waals surface area contributed by atoms with Crippen molar-refractivity contribution in [1.82, 2.24) is 4.98 Å². The second-order valence-electron chi connectivity index (χ2n) is 3.88. The minimum absolute atomic E-state index is 0.114. The summed E-state index contributed by atoms with van der Waals surface area (Å²) < 4.78 is 10.9. The number of aliphatic hydroxyl groups excluding tert-OH is 1. The van der Waals surface area contributed by atoms with E-state index in [9.17, 15) is 5.11 Å². The first-order chi connectivity index (χ1) is 8.74. The van der Waals surface area contributed by atoms with Crippen molar-refractivity contribution in [2.45, 2.75) is 13.5 Å². The van der Waals surface area contributed by atoms with Gasteiger partial charge in [-0.15, -0.1) is 0 Å². The summed E-state index contributed by atoms with van der Waals surface area (Å²) in [4.78, 5) is 4.10. The van der Waals surface area contributed by atoms with Crippen molar-refractivity contribution >= 4 is 0 Å². The number of methoxy groups -OCH3 is 1. The number of hydrogen-bond donors (Lipinski definition) is 1. The van der Waals surface area contributed by atoms with Crippen LogP contribution >= 0.6 is 0 Å². The van der Waals surface area contributed by atoms with E-state index in [-0.39, 0.29) is 6.61 Å². The van der Waals surface area contributed by atoms with Crippen LogP contribution < -0.4 is 9.47 Å². The van der Waals surface area contributed by atoms with E-state index < -0.39 is 0 Å². The van der Waals surface area contributed by atoms with Crippen LogP contribution in [0.15, 0.2) is 36.5 Å². The largest absolute Gasteiger partial charge is 0.493 e. The van der Waals surface area contributed by atoms with E-state index in [0.717, 1.165) is 5.56 Å². The van der Waals surface area contributed by atoms with Crippen LogP contribution in [0.2, 0.25) is 0 Å². The van der Waals surface area contributed by atoms with Gasteiger partial charge in [-0.3, -0.25) is 0 Å². The van der Waals surface area contributed by atoms with Crippen LogP contribution in [-0.2, 0) is 6.61 Å². The molecule has 0 spiro atoms. The number of hydrogen-bond acceptors (Lipinski definition) is 4. The van der Waals surface area contributed by atoms with Crippen molar-refractivity contribution in [3.63, 3.8) is 0 Å². The molecule has 0 aliphatic heterocycles. The van der Waals surface area contributed by atoms with E-state index >= 15 is 0 Å². The van der Waals surface area contributed by atoms with Crippen LogP contribution in [0.3, 0.4) is 0 Å². The summed E-state index contributed by atoms with van der Waals surface area (Å²) in [5.41, 5.74) is 1.72. The van der Waals surface area contributed by atoms with Crippen molar-refractivity contribution in [1.29, 1.82) is 0 Å². The van der Waals surface area contributed by atoms with Crippen LogP contribution in [0.4, 0.5) is 0 Å². The molecule has 94 valence electrons. The van der Waals surface area contributed by atoms with Crippen LogP contribution in [0.25, 0.3) is 0 Å². The lowest BCUT2D eigenvalue weighted by molar-refractivity contribution is 0.274. The molecule has 18 heavy (non-hydrogen) atoms. The Bertz CT molecular complexity index is 540. The van der Waals surface area contributed by atoms with Gasteiger partial charge >= 0.3 is 0 Å². The normalized spacial score (nSPS) is 10.2. The van der Waals surface area contributed by atoms with Gasteiger partial charge in [-0.1, -0.05) is 6.07 Å². The number of aliphatic hydroxyl groups is 1. The number of pyridine rings is 1. The Balaban J connectivity index is 2.33. The molecule has 2 aromatic rings. The lowest BCUT2D eigenvalue weighted by Gasteiger charge is -2.12. The van der Waals surface area contributed by atoms with Crippen LogP contribution in [0, 0.1) is 6.92 Å². The van der Waals surface area contributed by atoms with Crippen molar-refractivity contribution in [3.8, 4) is 17.4 Å². The first-order valence-corrected chi connectivity index (χ1v) is 5.62. The Kier molecular flexibility index (Phi) is 3.79. The second-order valence-corrected chi connectivity index (χ2v) is 3.88. The Hall–Kier alpha value is -2.07. The van der Waals surface area contributed by atoms with Crippen molar-refractivity contribution in [2.75, 3.05) is 7.11 Å². The molecule has 1 N–H and O–H groups in total. The molecular weight excluding hydrogens is 230 g/mol.